The number of anilines is 1. The summed E-state index contributed by atoms with van der Waals surface area (Å²) in [6, 6.07) is 9.99. The maximum absolute atomic E-state index is 12.4. The van der Waals surface area contributed by atoms with Crippen LogP contribution in [0.2, 0.25) is 0 Å². The fourth-order valence-corrected chi connectivity index (χ4v) is 3.45. The van der Waals surface area contributed by atoms with Crippen LogP contribution in [0, 0.1) is 20.8 Å². The van der Waals surface area contributed by atoms with Crippen LogP contribution in [0.25, 0.3) is 0 Å². The summed E-state index contributed by atoms with van der Waals surface area (Å²) < 4.78 is 27.3. The van der Waals surface area contributed by atoms with Crippen molar-refractivity contribution in [2.45, 2.75) is 25.7 Å². The van der Waals surface area contributed by atoms with Crippen LogP contribution in [-0.4, -0.2) is 13.5 Å². The minimum atomic E-state index is -3.72. The summed E-state index contributed by atoms with van der Waals surface area (Å²) in [7, 11) is -3.72. The molecule has 106 valence electrons. The predicted molar refractivity (Wildman–Crippen MR) is 79.6 cm³/mol. The van der Waals surface area contributed by atoms with E-state index < -0.39 is 10.0 Å². The number of nitrogens with one attached hydrogen (secondary N) is 1. The van der Waals surface area contributed by atoms with Crippen molar-refractivity contribution in [2.24, 2.45) is 0 Å². The summed E-state index contributed by atoms with van der Waals surface area (Å²) in [4.78, 5) is 0.214. The molecule has 0 aliphatic carbocycles. The van der Waals surface area contributed by atoms with E-state index in [9.17, 15) is 13.5 Å². The molecule has 0 amide bonds. The van der Waals surface area contributed by atoms with Gasteiger partial charge in [0.25, 0.3) is 10.0 Å². The van der Waals surface area contributed by atoms with E-state index in [2.05, 4.69) is 4.72 Å². The van der Waals surface area contributed by atoms with Crippen molar-refractivity contribution in [1.82, 2.24) is 0 Å². The first kappa shape index (κ1) is 14.4. The number of hydrogen-bond acceptors (Lipinski definition) is 3. The van der Waals surface area contributed by atoms with Gasteiger partial charge in [0, 0.05) is 0 Å². The fourth-order valence-electron chi connectivity index (χ4n) is 2.08. The number of phenolic OH excluding ortho intramolecular Hbond substituents is 1. The lowest BCUT2D eigenvalue weighted by Crippen LogP contribution is -2.15. The quantitative estimate of drug-likeness (QED) is 0.854. The van der Waals surface area contributed by atoms with Gasteiger partial charge in [0.15, 0.2) is 0 Å². The van der Waals surface area contributed by atoms with Crippen molar-refractivity contribution in [1.29, 1.82) is 0 Å². The van der Waals surface area contributed by atoms with E-state index in [4.69, 9.17) is 0 Å². The molecule has 0 atom stereocenters. The molecular weight excluding hydrogens is 274 g/mol. The second-order valence-corrected chi connectivity index (χ2v) is 6.49. The molecule has 2 N–H and O–H groups in total. The normalized spacial score (nSPS) is 11.3. The number of phenols is 1. The van der Waals surface area contributed by atoms with Crippen molar-refractivity contribution in [3.63, 3.8) is 0 Å². The van der Waals surface area contributed by atoms with Crippen molar-refractivity contribution < 1.29 is 13.5 Å². The van der Waals surface area contributed by atoms with Gasteiger partial charge in [-0.1, -0.05) is 29.8 Å². The minimum absolute atomic E-state index is 0.0849. The third kappa shape index (κ3) is 2.77. The molecule has 2 aromatic rings. The highest BCUT2D eigenvalue weighted by Crippen LogP contribution is 2.29. The number of rotatable bonds is 3. The number of aromatic hydroxyl groups is 1. The van der Waals surface area contributed by atoms with Crippen LogP contribution in [0.1, 0.15) is 16.7 Å². The smallest absolute Gasteiger partial charge is 0.262 e. The van der Waals surface area contributed by atoms with Crippen LogP contribution in [0.3, 0.4) is 0 Å². The highest BCUT2D eigenvalue weighted by atomic mass is 32.2. The minimum Gasteiger partial charge on any atom is -0.506 e. The van der Waals surface area contributed by atoms with E-state index in [0.717, 1.165) is 5.56 Å². The Balaban J connectivity index is 2.46. The van der Waals surface area contributed by atoms with E-state index in [-0.39, 0.29) is 16.3 Å². The first-order chi connectivity index (χ1) is 9.31. The summed E-state index contributed by atoms with van der Waals surface area (Å²) in [6.07, 6.45) is 0. The third-order valence-corrected chi connectivity index (χ3v) is 4.62. The SMILES string of the molecule is Cc1ccc(S(=O)(=O)Nc2c(C)cccc2O)c(C)c1. The molecule has 0 radical (unpaired) electrons. The van der Waals surface area contributed by atoms with E-state index >= 15 is 0 Å². The average Bonchev–Trinajstić information content (AvgIpc) is 2.33. The molecule has 0 aliphatic rings. The molecular formula is C15H17NO3S. The molecule has 0 saturated heterocycles. The van der Waals surface area contributed by atoms with Crippen molar-refractivity contribution >= 4 is 15.7 Å². The summed E-state index contributed by atoms with van der Waals surface area (Å²) in [5, 5.41) is 9.79. The van der Waals surface area contributed by atoms with Gasteiger partial charge in [0.1, 0.15) is 5.75 Å². The Morgan fingerprint density at radius 2 is 1.70 bits per heavy atom. The average molecular weight is 291 g/mol. The molecule has 0 aliphatic heterocycles. The topological polar surface area (TPSA) is 66.4 Å². The molecule has 4 nitrogen and oxygen atoms in total. The van der Waals surface area contributed by atoms with Crippen LogP contribution in [0.5, 0.6) is 5.75 Å². The number of hydrogen-bond donors (Lipinski definition) is 2. The maximum atomic E-state index is 12.4. The van der Waals surface area contributed by atoms with Gasteiger partial charge in [0.05, 0.1) is 10.6 Å². The number of para-hydroxylation sites is 1. The van der Waals surface area contributed by atoms with Gasteiger partial charge in [-0.15, -0.1) is 0 Å². The second-order valence-electron chi connectivity index (χ2n) is 4.84. The molecule has 20 heavy (non-hydrogen) atoms. The number of aryl methyl sites for hydroxylation is 3. The largest absolute Gasteiger partial charge is 0.506 e. The molecule has 2 aromatic carbocycles. The van der Waals surface area contributed by atoms with Gasteiger partial charge in [-0.2, -0.15) is 0 Å². The van der Waals surface area contributed by atoms with Gasteiger partial charge in [-0.3, -0.25) is 4.72 Å². The van der Waals surface area contributed by atoms with Crippen molar-refractivity contribution in [3.05, 3.63) is 53.1 Å². The first-order valence-corrected chi connectivity index (χ1v) is 7.68. The van der Waals surface area contributed by atoms with Crippen molar-refractivity contribution in [2.75, 3.05) is 4.72 Å². The molecule has 2 rings (SSSR count). The Bertz CT molecular complexity index is 731. The Morgan fingerprint density at radius 3 is 2.30 bits per heavy atom. The van der Waals surface area contributed by atoms with Gasteiger partial charge in [-0.25, -0.2) is 8.42 Å². The number of benzene rings is 2. The van der Waals surface area contributed by atoms with Gasteiger partial charge in [-0.05, 0) is 44.0 Å². The molecule has 0 saturated carbocycles. The lowest BCUT2D eigenvalue weighted by atomic mass is 10.2. The fraction of sp³-hybridized carbons (Fsp3) is 0.200. The van der Waals surface area contributed by atoms with Crippen LogP contribution in [0.4, 0.5) is 5.69 Å². The Hall–Kier alpha value is -2.01. The lowest BCUT2D eigenvalue weighted by molar-refractivity contribution is 0.477. The molecule has 0 spiro atoms. The van der Waals surface area contributed by atoms with Crippen LogP contribution in [0.15, 0.2) is 41.3 Å². The zero-order valence-electron chi connectivity index (χ0n) is 11.6. The van der Waals surface area contributed by atoms with Crippen LogP contribution in [-0.2, 0) is 10.0 Å². The summed E-state index contributed by atoms with van der Waals surface area (Å²) in [5.41, 5.74) is 2.55. The first-order valence-electron chi connectivity index (χ1n) is 6.20. The highest BCUT2D eigenvalue weighted by Gasteiger charge is 2.19. The molecule has 0 aromatic heterocycles. The molecule has 5 heteroatoms. The van der Waals surface area contributed by atoms with E-state index in [1.54, 1.807) is 38.1 Å². The molecule has 0 unspecified atom stereocenters. The molecule has 0 bridgehead atoms. The van der Waals surface area contributed by atoms with E-state index in [0.29, 0.717) is 11.1 Å². The monoisotopic (exact) mass is 291 g/mol. The molecule has 0 heterocycles. The Morgan fingerprint density at radius 1 is 1.00 bits per heavy atom. The van der Waals surface area contributed by atoms with Crippen molar-refractivity contribution in [3.8, 4) is 5.75 Å². The standard InChI is InChI=1S/C15H17NO3S/c1-10-7-8-14(12(3)9-10)20(18,19)16-15-11(2)5-4-6-13(15)17/h4-9,16-17H,1-3H3. The van der Waals surface area contributed by atoms with Gasteiger partial charge < -0.3 is 5.11 Å². The van der Waals surface area contributed by atoms with E-state index in [1.165, 1.54) is 6.07 Å². The summed E-state index contributed by atoms with van der Waals surface area (Å²) >= 11 is 0. The Kier molecular flexibility index (Phi) is 3.72. The maximum Gasteiger partial charge on any atom is 0.262 e. The van der Waals surface area contributed by atoms with E-state index in [1.807, 2.05) is 13.0 Å². The second kappa shape index (κ2) is 5.17. The Labute approximate surface area is 119 Å². The number of sulfonamides is 1. The zero-order chi connectivity index (χ0) is 14.9. The zero-order valence-corrected chi connectivity index (χ0v) is 12.5. The van der Waals surface area contributed by atoms with Crippen LogP contribution < -0.4 is 4.72 Å². The predicted octanol–water partition coefficient (Wildman–Crippen LogP) is 3.12. The third-order valence-electron chi connectivity index (χ3n) is 3.11. The van der Waals surface area contributed by atoms with Gasteiger partial charge in [0.2, 0.25) is 0 Å². The van der Waals surface area contributed by atoms with Crippen LogP contribution >= 0.6 is 0 Å². The summed E-state index contributed by atoms with van der Waals surface area (Å²) in [5.74, 6) is -0.0849. The molecule has 0 fully saturated rings. The highest BCUT2D eigenvalue weighted by molar-refractivity contribution is 7.92. The van der Waals surface area contributed by atoms with Gasteiger partial charge >= 0.3 is 0 Å². The lowest BCUT2D eigenvalue weighted by Gasteiger charge is -2.13. The summed E-state index contributed by atoms with van der Waals surface area (Å²) in [6.45, 7) is 5.39.